The van der Waals surface area contributed by atoms with E-state index in [9.17, 15) is 0 Å². The molecule has 1 aromatic carbocycles. The van der Waals surface area contributed by atoms with Gasteiger partial charge in [0.2, 0.25) is 5.95 Å². The molecule has 1 aliphatic rings. The van der Waals surface area contributed by atoms with Gasteiger partial charge in [0.15, 0.2) is 10.6 Å². The number of nitrogens with two attached hydrogens (primary N) is 1. The molecule has 0 saturated carbocycles. The standard InChI is InChI=1S/C18H22N6S/c1-12-2-4-13(5-3-12)6-7-14-21-15-16(24-10-8-20-9-11-24)22-18(19)23-17(15)25-14/h2-5,20H,6-11H2,1H3,(H2,19,22,23). The molecule has 6 nitrogen and oxygen atoms in total. The lowest BCUT2D eigenvalue weighted by Crippen LogP contribution is -2.44. The summed E-state index contributed by atoms with van der Waals surface area (Å²) in [5.41, 5.74) is 9.44. The molecular weight excluding hydrogens is 332 g/mol. The van der Waals surface area contributed by atoms with E-state index in [0.717, 1.165) is 60.2 Å². The molecule has 0 amide bonds. The predicted octanol–water partition coefficient (Wildman–Crippen LogP) is 2.17. The van der Waals surface area contributed by atoms with E-state index in [4.69, 9.17) is 10.7 Å². The molecule has 3 heterocycles. The van der Waals surface area contributed by atoms with E-state index in [0.29, 0.717) is 5.95 Å². The van der Waals surface area contributed by atoms with Gasteiger partial charge in [0.05, 0.1) is 5.01 Å². The molecule has 0 spiro atoms. The second-order valence-corrected chi connectivity index (χ2v) is 7.45. The highest BCUT2D eigenvalue weighted by atomic mass is 32.1. The molecule has 1 saturated heterocycles. The number of benzene rings is 1. The minimum Gasteiger partial charge on any atom is -0.368 e. The number of hydrogen-bond acceptors (Lipinski definition) is 7. The summed E-state index contributed by atoms with van der Waals surface area (Å²) in [7, 11) is 0. The molecule has 7 heteroatoms. The zero-order valence-corrected chi connectivity index (χ0v) is 15.1. The zero-order valence-electron chi connectivity index (χ0n) is 14.3. The van der Waals surface area contributed by atoms with Gasteiger partial charge in [-0.15, -0.1) is 0 Å². The Kier molecular flexibility index (Phi) is 4.50. The molecule has 1 fully saturated rings. The van der Waals surface area contributed by atoms with Gasteiger partial charge in [-0.05, 0) is 18.9 Å². The number of rotatable bonds is 4. The maximum absolute atomic E-state index is 5.93. The van der Waals surface area contributed by atoms with Crippen molar-refractivity contribution < 1.29 is 0 Å². The molecule has 4 rings (SSSR count). The van der Waals surface area contributed by atoms with E-state index >= 15 is 0 Å². The molecule has 1 aliphatic heterocycles. The molecule has 0 unspecified atom stereocenters. The minimum absolute atomic E-state index is 0.328. The fourth-order valence-electron chi connectivity index (χ4n) is 3.08. The van der Waals surface area contributed by atoms with Crippen molar-refractivity contribution in [2.75, 3.05) is 36.8 Å². The Morgan fingerprint density at radius 3 is 2.60 bits per heavy atom. The smallest absolute Gasteiger partial charge is 0.223 e. The van der Waals surface area contributed by atoms with Crippen LogP contribution in [0.25, 0.3) is 10.3 Å². The van der Waals surface area contributed by atoms with E-state index in [-0.39, 0.29) is 0 Å². The van der Waals surface area contributed by atoms with Crippen LogP contribution in [0, 0.1) is 6.92 Å². The number of anilines is 2. The van der Waals surface area contributed by atoms with Crippen LogP contribution in [0.1, 0.15) is 16.1 Å². The van der Waals surface area contributed by atoms with Crippen LogP contribution in [0.5, 0.6) is 0 Å². The average molecular weight is 354 g/mol. The van der Waals surface area contributed by atoms with Crippen molar-refractivity contribution in [1.82, 2.24) is 20.3 Å². The van der Waals surface area contributed by atoms with Crippen molar-refractivity contribution in [1.29, 1.82) is 0 Å². The van der Waals surface area contributed by atoms with Crippen LogP contribution in [0.2, 0.25) is 0 Å². The molecule has 0 bridgehead atoms. The number of hydrogen-bond donors (Lipinski definition) is 2. The van der Waals surface area contributed by atoms with Crippen molar-refractivity contribution in [2.24, 2.45) is 0 Å². The minimum atomic E-state index is 0.328. The fourth-order valence-corrected chi connectivity index (χ4v) is 4.01. The molecule has 0 aliphatic carbocycles. The summed E-state index contributed by atoms with van der Waals surface area (Å²) in [4.78, 5) is 16.9. The van der Waals surface area contributed by atoms with Crippen LogP contribution in [-0.4, -0.2) is 41.1 Å². The van der Waals surface area contributed by atoms with Crippen LogP contribution < -0.4 is 16.0 Å². The molecule has 130 valence electrons. The summed E-state index contributed by atoms with van der Waals surface area (Å²) in [5, 5.41) is 4.45. The highest BCUT2D eigenvalue weighted by molar-refractivity contribution is 7.18. The van der Waals surface area contributed by atoms with Crippen LogP contribution in [-0.2, 0) is 12.8 Å². The summed E-state index contributed by atoms with van der Waals surface area (Å²) in [6.07, 6.45) is 1.89. The normalized spacial score (nSPS) is 15.0. The van der Waals surface area contributed by atoms with Crippen molar-refractivity contribution >= 4 is 33.5 Å². The van der Waals surface area contributed by atoms with Gasteiger partial charge in [0, 0.05) is 32.6 Å². The lowest BCUT2D eigenvalue weighted by atomic mass is 10.1. The third-order valence-electron chi connectivity index (χ3n) is 4.47. The Labute approximate surface area is 151 Å². The number of aryl methyl sites for hydroxylation is 3. The van der Waals surface area contributed by atoms with Crippen molar-refractivity contribution in [3.63, 3.8) is 0 Å². The van der Waals surface area contributed by atoms with Crippen molar-refractivity contribution in [3.8, 4) is 0 Å². The van der Waals surface area contributed by atoms with Gasteiger partial charge >= 0.3 is 0 Å². The third-order valence-corrected chi connectivity index (χ3v) is 5.48. The number of nitrogens with one attached hydrogen (secondary N) is 1. The second-order valence-electron chi connectivity index (χ2n) is 6.39. The van der Waals surface area contributed by atoms with E-state index in [2.05, 4.69) is 51.4 Å². The highest BCUT2D eigenvalue weighted by Gasteiger charge is 2.19. The third kappa shape index (κ3) is 3.57. The summed E-state index contributed by atoms with van der Waals surface area (Å²) in [5.74, 6) is 1.21. The first-order chi connectivity index (χ1) is 12.2. The van der Waals surface area contributed by atoms with E-state index in [1.165, 1.54) is 11.1 Å². The quantitative estimate of drug-likeness (QED) is 0.747. The zero-order chi connectivity index (χ0) is 17.2. The Morgan fingerprint density at radius 2 is 1.84 bits per heavy atom. The topological polar surface area (TPSA) is 80.0 Å². The Bertz CT molecular complexity index is 867. The molecule has 0 atom stereocenters. The van der Waals surface area contributed by atoms with Gasteiger partial charge < -0.3 is 16.0 Å². The van der Waals surface area contributed by atoms with E-state index < -0.39 is 0 Å². The van der Waals surface area contributed by atoms with Crippen LogP contribution in [0.15, 0.2) is 24.3 Å². The number of nitrogens with zero attached hydrogens (tertiary/aromatic N) is 4. The summed E-state index contributed by atoms with van der Waals surface area (Å²) in [6.45, 7) is 5.85. The molecule has 2 aromatic heterocycles. The maximum Gasteiger partial charge on any atom is 0.223 e. The summed E-state index contributed by atoms with van der Waals surface area (Å²) < 4.78 is 0. The Hall–Kier alpha value is -2.25. The first-order valence-corrected chi connectivity index (χ1v) is 9.45. The van der Waals surface area contributed by atoms with Gasteiger partial charge in [0.25, 0.3) is 0 Å². The van der Waals surface area contributed by atoms with Gasteiger partial charge in [-0.25, -0.2) is 9.97 Å². The first kappa shape index (κ1) is 16.2. The van der Waals surface area contributed by atoms with Gasteiger partial charge in [-0.1, -0.05) is 41.2 Å². The Morgan fingerprint density at radius 1 is 1.08 bits per heavy atom. The maximum atomic E-state index is 5.93. The number of piperazine rings is 1. The number of nitrogen functional groups attached to an aromatic ring is 1. The second kappa shape index (κ2) is 6.93. The summed E-state index contributed by atoms with van der Waals surface area (Å²) >= 11 is 1.63. The SMILES string of the molecule is Cc1ccc(CCc2nc3c(N4CCNCC4)nc(N)nc3s2)cc1. The number of thiazole rings is 1. The molecule has 25 heavy (non-hydrogen) atoms. The highest BCUT2D eigenvalue weighted by Crippen LogP contribution is 2.29. The van der Waals surface area contributed by atoms with Crippen molar-refractivity contribution in [3.05, 3.63) is 40.4 Å². The van der Waals surface area contributed by atoms with Crippen LogP contribution in [0.3, 0.4) is 0 Å². The van der Waals surface area contributed by atoms with Gasteiger partial charge in [-0.3, -0.25) is 0 Å². The Balaban J connectivity index is 1.59. The van der Waals surface area contributed by atoms with E-state index in [1.807, 2.05) is 0 Å². The van der Waals surface area contributed by atoms with Crippen LogP contribution >= 0.6 is 11.3 Å². The fraction of sp³-hybridized carbons (Fsp3) is 0.389. The predicted molar refractivity (Wildman–Crippen MR) is 103 cm³/mol. The first-order valence-electron chi connectivity index (χ1n) is 8.63. The molecule has 3 aromatic rings. The monoisotopic (exact) mass is 354 g/mol. The van der Waals surface area contributed by atoms with Gasteiger partial charge in [0.1, 0.15) is 5.52 Å². The molecule has 3 N–H and O–H groups in total. The summed E-state index contributed by atoms with van der Waals surface area (Å²) in [6, 6.07) is 8.68. The molecule has 0 radical (unpaired) electrons. The lowest BCUT2D eigenvalue weighted by Gasteiger charge is -2.28. The number of aromatic nitrogens is 3. The van der Waals surface area contributed by atoms with E-state index in [1.54, 1.807) is 11.3 Å². The van der Waals surface area contributed by atoms with Gasteiger partial charge in [-0.2, -0.15) is 4.98 Å². The number of fused-ring (bicyclic) bond motifs is 1. The lowest BCUT2D eigenvalue weighted by molar-refractivity contribution is 0.586. The van der Waals surface area contributed by atoms with Crippen molar-refractivity contribution in [2.45, 2.75) is 19.8 Å². The molecular formula is C18H22N6S. The average Bonchev–Trinajstić information content (AvgIpc) is 3.04. The largest absolute Gasteiger partial charge is 0.368 e. The van der Waals surface area contributed by atoms with Crippen LogP contribution in [0.4, 0.5) is 11.8 Å².